The van der Waals surface area contributed by atoms with Crippen LogP contribution in [0, 0.1) is 11.7 Å². The van der Waals surface area contributed by atoms with Gasteiger partial charge in [0.1, 0.15) is 5.82 Å². The molecule has 0 aliphatic carbocycles. The molecule has 2 nitrogen and oxygen atoms in total. The Labute approximate surface area is 124 Å². The summed E-state index contributed by atoms with van der Waals surface area (Å²) in [5.74, 6) is 0.289. The summed E-state index contributed by atoms with van der Waals surface area (Å²) in [6.45, 7) is 2.86. The Balaban J connectivity index is 1.72. The molecule has 1 N–H and O–H groups in total. The van der Waals surface area contributed by atoms with Crippen LogP contribution in [-0.4, -0.2) is 29.7 Å². The molecule has 0 spiro atoms. The third-order valence-electron chi connectivity index (χ3n) is 4.30. The van der Waals surface area contributed by atoms with Gasteiger partial charge in [0.15, 0.2) is 0 Å². The van der Waals surface area contributed by atoms with Gasteiger partial charge in [0.25, 0.3) is 0 Å². The van der Waals surface area contributed by atoms with Crippen LogP contribution in [0.15, 0.2) is 54.6 Å². The molecule has 110 valence electrons. The lowest BCUT2D eigenvalue weighted by Crippen LogP contribution is -2.20. The van der Waals surface area contributed by atoms with Crippen molar-refractivity contribution in [1.29, 1.82) is 0 Å². The van der Waals surface area contributed by atoms with Gasteiger partial charge in [-0.05, 0) is 23.3 Å². The van der Waals surface area contributed by atoms with Crippen LogP contribution < -0.4 is 0 Å². The molecule has 0 bridgehead atoms. The van der Waals surface area contributed by atoms with Crippen molar-refractivity contribution >= 4 is 0 Å². The monoisotopic (exact) mass is 285 g/mol. The maximum Gasteiger partial charge on any atom is 0.123 e. The standard InChI is InChI=1S/C18H20FNO/c19-17-8-6-15(7-9-17)18-12-20(11-16(18)13-21)10-14-4-2-1-3-5-14/h1-9,16,18,21H,10-13H2/t16-,18-/m0/s1. The summed E-state index contributed by atoms with van der Waals surface area (Å²) in [6, 6.07) is 17.1. The van der Waals surface area contributed by atoms with E-state index in [9.17, 15) is 9.50 Å². The first-order valence-corrected chi connectivity index (χ1v) is 7.39. The van der Waals surface area contributed by atoms with Crippen molar-refractivity contribution in [3.05, 3.63) is 71.5 Å². The SMILES string of the molecule is OC[C@@H]1CN(Cc2ccccc2)C[C@H]1c1ccc(F)cc1. The average Bonchev–Trinajstić information content (AvgIpc) is 2.92. The molecule has 3 heteroatoms. The van der Waals surface area contributed by atoms with Gasteiger partial charge in [0, 0.05) is 38.1 Å². The van der Waals surface area contributed by atoms with E-state index < -0.39 is 0 Å². The molecule has 0 amide bonds. The number of likely N-dealkylation sites (tertiary alicyclic amines) is 1. The van der Waals surface area contributed by atoms with Crippen molar-refractivity contribution in [1.82, 2.24) is 4.90 Å². The van der Waals surface area contributed by atoms with Crippen LogP contribution in [-0.2, 0) is 6.54 Å². The number of halogens is 1. The van der Waals surface area contributed by atoms with E-state index in [4.69, 9.17) is 0 Å². The van der Waals surface area contributed by atoms with Crippen LogP contribution >= 0.6 is 0 Å². The van der Waals surface area contributed by atoms with Gasteiger partial charge < -0.3 is 5.11 Å². The molecule has 1 aliphatic heterocycles. The molecule has 2 atom stereocenters. The first-order valence-electron chi connectivity index (χ1n) is 7.39. The number of rotatable bonds is 4. The number of aliphatic hydroxyl groups excluding tert-OH is 1. The smallest absolute Gasteiger partial charge is 0.123 e. The largest absolute Gasteiger partial charge is 0.396 e. The van der Waals surface area contributed by atoms with E-state index in [0.717, 1.165) is 25.2 Å². The topological polar surface area (TPSA) is 23.5 Å². The predicted molar refractivity (Wildman–Crippen MR) is 81.4 cm³/mol. The van der Waals surface area contributed by atoms with E-state index in [1.807, 2.05) is 30.3 Å². The van der Waals surface area contributed by atoms with Gasteiger partial charge in [-0.3, -0.25) is 4.90 Å². The van der Waals surface area contributed by atoms with E-state index in [2.05, 4.69) is 17.0 Å². The summed E-state index contributed by atoms with van der Waals surface area (Å²) in [6.07, 6.45) is 0. The van der Waals surface area contributed by atoms with Crippen molar-refractivity contribution in [2.75, 3.05) is 19.7 Å². The zero-order valence-corrected chi connectivity index (χ0v) is 12.0. The number of aliphatic hydroxyl groups is 1. The maximum atomic E-state index is 13.1. The molecular weight excluding hydrogens is 265 g/mol. The Hall–Kier alpha value is -1.71. The second-order valence-corrected chi connectivity index (χ2v) is 5.78. The number of nitrogens with zero attached hydrogens (tertiary/aromatic N) is 1. The van der Waals surface area contributed by atoms with Crippen LogP contribution in [0.4, 0.5) is 4.39 Å². The number of benzene rings is 2. The molecule has 0 unspecified atom stereocenters. The highest BCUT2D eigenvalue weighted by molar-refractivity contribution is 5.24. The van der Waals surface area contributed by atoms with Crippen LogP contribution in [0.2, 0.25) is 0 Å². The minimum atomic E-state index is -0.210. The van der Waals surface area contributed by atoms with Gasteiger partial charge in [-0.1, -0.05) is 42.5 Å². The fourth-order valence-corrected chi connectivity index (χ4v) is 3.20. The van der Waals surface area contributed by atoms with Crippen molar-refractivity contribution in [3.63, 3.8) is 0 Å². The fraction of sp³-hybridized carbons (Fsp3) is 0.333. The molecule has 1 aliphatic rings. The third kappa shape index (κ3) is 3.31. The molecule has 21 heavy (non-hydrogen) atoms. The van der Waals surface area contributed by atoms with Gasteiger partial charge in [-0.25, -0.2) is 4.39 Å². The van der Waals surface area contributed by atoms with E-state index in [1.54, 1.807) is 0 Å². The molecule has 2 aromatic carbocycles. The van der Waals surface area contributed by atoms with E-state index in [-0.39, 0.29) is 24.3 Å². The van der Waals surface area contributed by atoms with Crippen molar-refractivity contribution in [2.24, 2.45) is 5.92 Å². The second kappa shape index (κ2) is 6.37. The van der Waals surface area contributed by atoms with Gasteiger partial charge in [-0.2, -0.15) is 0 Å². The van der Waals surface area contributed by atoms with Crippen LogP contribution in [0.25, 0.3) is 0 Å². The molecule has 0 aromatic heterocycles. The van der Waals surface area contributed by atoms with E-state index >= 15 is 0 Å². The molecule has 1 saturated heterocycles. The molecule has 0 saturated carbocycles. The highest BCUT2D eigenvalue weighted by atomic mass is 19.1. The minimum Gasteiger partial charge on any atom is -0.396 e. The third-order valence-corrected chi connectivity index (χ3v) is 4.30. The predicted octanol–water partition coefficient (Wildman–Crippen LogP) is 3.03. The van der Waals surface area contributed by atoms with Crippen LogP contribution in [0.5, 0.6) is 0 Å². The summed E-state index contributed by atoms with van der Waals surface area (Å²) in [4.78, 5) is 2.37. The lowest BCUT2D eigenvalue weighted by Gasteiger charge is -2.16. The van der Waals surface area contributed by atoms with E-state index in [0.29, 0.717) is 0 Å². The van der Waals surface area contributed by atoms with Crippen molar-refractivity contribution < 1.29 is 9.50 Å². The quantitative estimate of drug-likeness (QED) is 0.933. The molecule has 1 fully saturated rings. The van der Waals surface area contributed by atoms with Gasteiger partial charge in [0.2, 0.25) is 0 Å². The lowest BCUT2D eigenvalue weighted by molar-refractivity contribution is 0.214. The zero-order valence-electron chi connectivity index (χ0n) is 12.0. The molecule has 2 aromatic rings. The Kier molecular flexibility index (Phi) is 4.32. The number of hydrogen-bond acceptors (Lipinski definition) is 2. The summed E-state index contributed by atoms with van der Waals surface area (Å²) < 4.78 is 13.1. The van der Waals surface area contributed by atoms with Gasteiger partial charge in [-0.15, -0.1) is 0 Å². The zero-order chi connectivity index (χ0) is 14.7. The molecule has 1 heterocycles. The van der Waals surface area contributed by atoms with Crippen molar-refractivity contribution in [2.45, 2.75) is 12.5 Å². The first kappa shape index (κ1) is 14.2. The molecular formula is C18H20FNO. The number of hydrogen-bond donors (Lipinski definition) is 1. The van der Waals surface area contributed by atoms with Gasteiger partial charge in [0.05, 0.1) is 0 Å². The highest BCUT2D eigenvalue weighted by Gasteiger charge is 2.33. The summed E-state index contributed by atoms with van der Waals surface area (Å²) in [5, 5.41) is 9.64. The summed E-state index contributed by atoms with van der Waals surface area (Å²) >= 11 is 0. The first-order chi connectivity index (χ1) is 10.3. The van der Waals surface area contributed by atoms with Crippen molar-refractivity contribution in [3.8, 4) is 0 Å². The Bertz CT molecular complexity index is 570. The Morgan fingerprint density at radius 3 is 2.38 bits per heavy atom. The normalized spacial score (nSPS) is 22.6. The fourth-order valence-electron chi connectivity index (χ4n) is 3.20. The Morgan fingerprint density at radius 2 is 1.71 bits per heavy atom. The molecule has 3 rings (SSSR count). The minimum absolute atomic E-state index is 0.174. The highest BCUT2D eigenvalue weighted by Crippen LogP contribution is 2.33. The lowest BCUT2D eigenvalue weighted by atomic mass is 9.89. The summed E-state index contributed by atoms with van der Waals surface area (Å²) in [7, 11) is 0. The van der Waals surface area contributed by atoms with Gasteiger partial charge >= 0.3 is 0 Å². The molecule has 0 radical (unpaired) electrons. The van der Waals surface area contributed by atoms with Crippen LogP contribution in [0.1, 0.15) is 17.0 Å². The second-order valence-electron chi connectivity index (χ2n) is 5.78. The van der Waals surface area contributed by atoms with Crippen LogP contribution in [0.3, 0.4) is 0 Å². The summed E-state index contributed by atoms with van der Waals surface area (Å²) in [5.41, 5.74) is 2.40. The maximum absolute atomic E-state index is 13.1. The Morgan fingerprint density at radius 1 is 1.00 bits per heavy atom. The average molecular weight is 285 g/mol. The van der Waals surface area contributed by atoms with E-state index in [1.165, 1.54) is 17.7 Å².